The molecule has 0 amide bonds. The SMILES string of the molecule is CC(C)n1c(=O)c(-c2ccc(NS(=O)(=O)CCC(F)(F)F)c(F)c2)nc2cnc(NC3CCC(N)C(F)C3)nc21. The molecule has 4 N–H and O–H groups in total. The van der Waals surface area contributed by atoms with Gasteiger partial charge < -0.3 is 11.1 Å². The van der Waals surface area contributed by atoms with Gasteiger partial charge in [-0.1, -0.05) is 6.07 Å². The van der Waals surface area contributed by atoms with E-state index < -0.39 is 63.7 Å². The molecule has 16 heteroatoms. The minimum absolute atomic E-state index is 0.00627. The van der Waals surface area contributed by atoms with Crippen molar-refractivity contribution in [2.24, 2.45) is 5.73 Å². The number of nitrogens with one attached hydrogen (secondary N) is 2. The van der Waals surface area contributed by atoms with E-state index in [-0.39, 0.29) is 40.8 Å². The molecular formula is C24H28F5N7O3S. The lowest BCUT2D eigenvalue weighted by molar-refractivity contribution is -0.129. The van der Waals surface area contributed by atoms with Gasteiger partial charge in [0.05, 0.1) is 24.1 Å². The third kappa shape index (κ3) is 6.83. The first kappa shape index (κ1) is 29.6. The molecule has 1 fully saturated rings. The molecule has 2 heterocycles. The van der Waals surface area contributed by atoms with E-state index in [9.17, 15) is 35.2 Å². The molecule has 1 aromatic carbocycles. The van der Waals surface area contributed by atoms with E-state index in [4.69, 9.17) is 5.73 Å². The minimum atomic E-state index is -4.70. The van der Waals surface area contributed by atoms with Crippen LogP contribution in [-0.4, -0.2) is 58.1 Å². The topological polar surface area (TPSA) is 145 Å². The van der Waals surface area contributed by atoms with Gasteiger partial charge in [-0.15, -0.1) is 0 Å². The molecule has 0 saturated heterocycles. The second-order valence-electron chi connectivity index (χ2n) is 9.95. The van der Waals surface area contributed by atoms with Crippen molar-refractivity contribution in [1.82, 2.24) is 19.5 Å². The Morgan fingerprint density at radius 2 is 1.93 bits per heavy atom. The van der Waals surface area contributed by atoms with Crippen LogP contribution in [0, 0.1) is 5.82 Å². The standard InChI is InChI=1S/C24H28F5N7O3S/c1-12(2)36-21-19(11-31-23(34-21)32-14-4-5-17(30)15(25)10-14)33-20(22(36)37)13-3-6-18(16(26)9-13)35-40(38,39)8-7-24(27,28)29/h3,6,9,11-12,14-15,17,35H,4-5,7-8,10,30H2,1-2H3,(H,31,32,34). The molecule has 2 aromatic heterocycles. The fourth-order valence-electron chi connectivity index (χ4n) is 4.40. The molecule has 3 unspecified atom stereocenters. The smallest absolute Gasteiger partial charge is 0.351 e. The molecule has 0 aliphatic heterocycles. The molecule has 1 aliphatic rings. The Kier molecular flexibility index (Phi) is 8.31. The number of fused-ring (bicyclic) bond motifs is 1. The second kappa shape index (κ2) is 11.2. The number of benzene rings is 1. The summed E-state index contributed by atoms with van der Waals surface area (Å²) in [6.07, 6.45) is -4.77. The van der Waals surface area contributed by atoms with E-state index in [1.165, 1.54) is 16.8 Å². The summed E-state index contributed by atoms with van der Waals surface area (Å²) in [5.41, 5.74) is 4.79. The Morgan fingerprint density at radius 1 is 1.20 bits per heavy atom. The lowest BCUT2D eigenvalue weighted by atomic mass is 9.90. The Balaban J connectivity index is 1.65. The van der Waals surface area contributed by atoms with Crippen molar-refractivity contribution in [2.75, 3.05) is 15.8 Å². The van der Waals surface area contributed by atoms with Gasteiger partial charge in [0, 0.05) is 30.1 Å². The van der Waals surface area contributed by atoms with Gasteiger partial charge in [-0.25, -0.2) is 27.2 Å². The number of nitrogens with two attached hydrogens (primary N) is 1. The molecule has 0 spiro atoms. The number of alkyl halides is 4. The largest absolute Gasteiger partial charge is 0.390 e. The summed E-state index contributed by atoms with van der Waals surface area (Å²) in [7, 11) is -4.48. The summed E-state index contributed by atoms with van der Waals surface area (Å²) < 4.78 is 93.2. The normalized spacial score (nSPS) is 20.2. The minimum Gasteiger partial charge on any atom is -0.351 e. The second-order valence-corrected chi connectivity index (χ2v) is 11.8. The zero-order valence-corrected chi connectivity index (χ0v) is 22.4. The Morgan fingerprint density at radius 3 is 2.55 bits per heavy atom. The van der Waals surface area contributed by atoms with Crippen LogP contribution in [0.3, 0.4) is 0 Å². The number of hydrogen-bond acceptors (Lipinski definition) is 8. The molecule has 0 bridgehead atoms. The van der Waals surface area contributed by atoms with Crippen LogP contribution in [0.4, 0.5) is 33.6 Å². The average molecular weight is 590 g/mol. The predicted molar refractivity (Wildman–Crippen MR) is 140 cm³/mol. The van der Waals surface area contributed by atoms with Crippen LogP contribution >= 0.6 is 0 Å². The lowest BCUT2D eigenvalue weighted by Gasteiger charge is -2.29. The van der Waals surface area contributed by atoms with Crippen molar-refractivity contribution in [2.45, 2.75) is 70.0 Å². The first-order valence-corrected chi connectivity index (χ1v) is 14.1. The number of hydrogen-bond donors (Lipinski definition) is 3. The van der Waals surface area contributed by atoms with Crippen molar-refractivity contribution in [3.63, 3.8) is 0 Å². The first-order valence-electron chi connectivity index (χ1n) is 12.5. The average Bonchev–Trinajstić information content (AvgIpc) is 2.85. The fraction of sp³-hybridized carbons (Fsp3) is 0.500. The maximum absolute atomic E-state index is 14.8. The van der Waals surface area contributed by atoms with Crippen LogP contribution < -0.4 is 21.3 Å². The van der Waals surface area contributed by atoms with Crippen LogP contribution in [0.5, 0.6) is 0 Å². The Hall–Kier alpha value is -3.40. The van der Waals surface area contributed by atoms with E-state index in [1.54, 1.807) is 18.6 Å². The van der Waals surface area contributed by atoms with Gasteiger partial charge in [0.2, 0.25) is 16.0 Å². The van der Waals surface area contributed by atoms with Crippen LogP contribution in [-0.2, 0) is 10.0 Å². The monoisotopic (exact) mass is 589 g/mol. The van der Waals surface area contributed by atoms with Crippen LogP contribution in [0.2, 0.25) is 0 Å². The van der Waals surface area contributed by atoms with Crippen molar-refractivity contribution in [3.05, 3.63) is 40.6 Å². The molecule has 40 heavy (non-hydrogen) atoms. The third-order valence-electron chi connectivity index (χ3n) is 6.47. The zero-order chi connectivity index (χ0) is 29.4. The van der Waals surface area contributed by atoms with Crippen molar-refractivity contribution >= 4 is 32.8 Å². The number of rotatable bonds is 8. The molecule has 0 radical (unpaired) electrons. The lowest BCUT2D eigenvalue weighted by Crippen LogP contribution is -2.42. The molecule has 3 aromatic rings. The highest BCUT2D eigenvalue weighted by Crippen LogP contribution is 2.27. The van der Waals surface area contributed by atoms with Gasteiger partial charge in [0.15, 0.2) is 5.65 Å². The summed E-state index contributed by atoms with van der Waals surface area (Å²) in [5.74, 6) is -2.21. The van der Waals surface area contributed by atoms with Gasteiger partial charge in [0.1, 0.15) is 23.2 Å². The number of nitrogens with zero attached hydrogens (tertiary/aromatic N) is 4. The predicted octanol–water partition coefficient (Wildman–Crippen LogP) is 3.90. The Bertz CT molecular complexity index is 1560. The maximum Gasteiger partial charge on any atom is 0.390 e. The number of aromatic nitrogens is 4. The van der Waals surface area contributed by atoms with Gasteiger partial charge in [-0.05, 0) is 38.8 Å². The van der Waals surface area contributed by atoms with Gasteiger partial charge in [-0.3, -0.25) is 14.1 Å². The van der Waals surface area contributed by atoms with Crippen LogP contribution in [0.25, 0.3) is 22.4 Å². The van der Waals surface area contributed by atoms with Crippen molar-refractivity contribution < 1.29 is 30.4 Å². The summed E-state index contributed by atoms with van der Waals surface area (Å²) in [4.78, 5) is 26.4. The van der Waals surface area contributed by atoms with E-state index in [1.807, 2.05) is 0 Å². The van der Waals surface area contributed by atoms with E-state index in [0.717, 1.165) is 12.1 Å². The molecule has 218 valence electrons. The molecule has 10 nitrogen and oxygen atoms in total. The van der Waals surface area contributed by atoms with E-state index in [0.29, 0.717) is 12.8 Å². The summed E-state index contributed by atoms with van der Waals surface area (Å²) in [6, 6.07) is 1.91. The number of halogens is 5. The number of sulfonamides is 1. The van der Waals surface area contributed by atoms with Gasteiger partial charge in [-0.2, -0.15) is 18.2 Å². The summed E-state index contributed by atoms with van der Waals surface area (Å²) in [6.45, 7) is 3.46. The first-order chi connectivity index (χ1) is 18.6. The maximum atomic E-state index is 14.8. The van der Waals surface area contributed by atoms with Gasteiger partial charge >= 0.3 is 6.18 Å². The fourth-order valence-corrected chi connectivity index (χ4v) is 5.51. The summed E-state index contributed by atoms with van der Waals surface area (Å²) in [5, 5.41) is 3.08. The molecule has 1 aliphatic carbocycles. The highest BCUT2D eigenvalue weighted by atomic mass is 32.2. The number of anilines is 2. The zero-order valence-electron chi connectivity index (χ0n) is 21.5. The van der Waals surface area contributed by atoms with Gasteiger partial charge in [0.25, 0.3) is 5.56 Å². The van der Waals surface area contributed by atoms with Crippen molar-refractivity contribution in [3.8, 4) is 11.3 Å². The molecule has 1 saturated carbocycles. The highest BCUT2D eigenvalue weighted by Gasteiger charge is 2.31. The molecular weight excluding hydrogens is 561 g/mol. The van der Waals surface area contributed by atoms with Crippen molar-refractivity contribution in [1.29, 1.82) is 0 Å². The van der Waals surface area contributed by atoms with E-state index >= 15 is 0 Å². The molecule has 3 atom stereocenters. The highest BCUT2D eigenvalue weighted by molar-refractivity contribution is 7.92. The molecule has 4 rings (SSSR count). The van der Waals surface area contributed by atoms with Crippen LogP contribution in [0.15, 0.2) is 29.2 Å². The summed E-state index contributed by atoms with van der Waals surface area (Å²) >= 11 is 0. The quantitative estimate of drug-likeness (QED) is 0.336. The van der Waals surface area contributed by atoms with E-state index in [2.05, 4.69) is 20.3 Å². The van der Waals surface area contributed by atoms with Crippen LogP contribution in [0.1, 0.15) is 45.6 Å². The third-order valence-corrected chi connectivity index (χ3v) is 7.74. The Labute approximate surface area is 226 Å².